The summed E-state index contributed by atoms with van der Waals surface area (Å²) in [5.41, 5.74) is 0. The van der Waals surface area contributed by atoms with Gasteiger partial charge in [0.2, 0.25) is 10.0 Å². The number of amides is 2. The van der Waals surface area contributed by atoms with E-state index in [0.29, 0.717) is 38.0 Å². The monoisotopic (exact) mass is 385 g/mol. The van der Waals surface area contributed by atoms with Crippen molar-refractivity contribution in [1.29, 1.82) is 0 Å². The molecule has 2 amide bonds. The van der Waals surface area contributed by atoms with Crippen LogP contribution in [0.2, 0.25) is 0 Å². The molecule has 146 valence electrons. The first-order valence-corrected chi connectivity index (χ1v) is 10.5. The molecule has 0 radical (unpaired) electrons. The third-order valence-corrected chi connectivity index (χ3v) is 6.45. The van der Waals surface area contributed by atoms with Crippen LogP contribution in [0.25, 0.3) is 0 Å². The molecule has 0 aromatic heterocycles. The molecule has 0 bridgehead atoms. The Morgan fingerprint density at radius 3 is 2.38 bits per heavy atom. The van der Waals surface area contributed by atoms with Crippen molar-refractivity contribution in [3.63, 3.8) is 0 Å². The Kier molecular flexibility index (Phi) is 7.40. The standard InChI is InChI=1S/C18H28FN3O3S/c1-14(2)13-21-18(23)20-10-7-15-8-11-22(12-9-15)26(24,25)17-5-3-16(19)4-6-17/h3-6,14-15H,7-13H2,1-2H3,(H2,20,21,23). The highest BCUT2D eigenvalue weighted by molar-refractivity contribution is 7.89. The lowest BCUT2D eigenvalue weighted by atomic mass is 9.95. The number of rotatable bonds is 7. The van der Waals surface area contributed by atoms with Crippen LogP contribution in [-0.2, 0) is 10.0 Å². The Bertz CT molecular complexity index is 684. The van der Waals surface area contributed by atoms with Gasteiger partial charge < -0.3 is 10.6 Å². The first-order valence-electron chi connectivity index (χ1n) is 9.06. The van der Waals surface area contributed by atoms with Crippen LogP contribution in [-0.4, -0.2) is 44.9 Å². The van der Waals surface area contributed by atoms with Gasteiger partial charge in [0.25, 0.3) is 0 Å². The SMILES string of the molecule is CC(C)CNC(=O)NCCC1CCN(S(=O)(=O)c2ccc(F)cc2)CC1. The molecule has 0 spiro atoms. The van der Waals surface area contributed by atoms with Crippen LogP contribution in [0.15, 0.2) is 29.2 Å². The van der Waals surface area contributed by atoms with Crippen molar-refractivity contribution < 1.29 is 17.6 Å². The average molecular weight is 386 g/mol. The Morgan fingerprint density at radius 1 is 1.19 bits per heavy atom. The summed E-state index contributed by atoms with van der Waals surface area (Å²) in [5, 5.41) is 5.65. The summed E-state index contributed by atoms with van der Waals surface area (Å²) in [7, 11) is -3.56. The number of urea groups is 1. The molecular weight excluding hydrogens is 357 g/mol. The maximum atomic E-state index is 13.0. The summed E-state index contributed by atoms with van der Waals surface area (Å²) >= 11 is 0. The zero-order chi connectivity index (χ0) is 19.2. The summed E-state index contributed by atoms with van der Waals surface area (Å²) < 4.78 is 39.6. The van der Waals surface area contributed by atoms with Crippen molar-refractivity contribution in [2.75, 3.05) is 26.2 Å². The normalized spacial score (nSPS) is 16.6. The smallest absolute Gasteiger partial charge is 0.314 e. The largest absolute Gasteiger partial charge is 0.338 e. The number of carbonyl (C=O) groups is 1. The van der Waals surface area contributed by atoms with Crippen LogP contribution in [0, 0.1) is 17.7 Å². The number of halogens is 1. The fraction of sp³-hybridized carbons (Fsp3) is 0.611. The van der Waals surface area contributed by atoms with E-state index in [1.54, 1.807) is 0 Å². The quantitative estimate of drug-likeness (QED) is 0.757. The zero-order valence-corrected chi connectivity index (χ0v) is 16.2. The molecule has 6 nitrogen and oxygen atoms in total. The molecule has 1 heterocycles. The van der Waals surface area contributed by atoms with Gasteiger partial charge in [0.15, 0.2) is 0 Å². The highest BCUT2D eigenvalue weighted by atomic mass is 32.2. The van der Waals surface area contributed by atoms with Crippen molar-refractivity contribution in [1.82, 2.24) is 14.9 Å². The molecule has 0 unspecified atom stereocenters. The molecule has 0 aliphatic carbocycles. The van der Waals surface area contributed by atoms with Crippen molar-refractivity contribution in [2.45, 2.75) is 38.0 Å². The number of nitrogens with zero attached hydrogens (tertiary/aromatic N) is 1. The van der Waals surface area contributed by atoms with Crippen molar-refractivity contribution in [2.24, 2.45) is 11.8 Å². The van der Waals surface area contributed by atoms with E-state index in [-0.39, 0.29) is 10.9 Å². The molecule has 1 aromatic rings. The molecule has 8 heteroatoms. The fourth-order valence-electron chi connectivity index (χ4n) is 2.94. The van der Waals surface area contributed by atoms with Gasteiger partial charge in [0, 0.05) is 26.2 Å². The minimum absolute atomic E-state index is 0.126. The van der Waals surface area contributed by atoms with Crippen molar-refractivity contribution >= 4 is 16.1 Å². The number of hydrogen-bond acceptors (Lipinski definition) is 3. The predicted octanol–water partition coefficient (Wildman–Crippen LogP) is 2.57. The second kappa shape index (κ2) is 9.32. The summed E-state index contributed by atoms with van der Waals surface area (Å²) in [5.74, 6) is 0.348. The molecule has 2 N–H and O–H groups in total. The topological polar surface area (TPSA) is 78.5 Å². The van der Waals surface area contributed by atoms with Crippen LogP contribution < -0.4 is 10.6 Å². The van der Waals surface area contributed by atoms with Gasteiger partial charge in [-0.15, -0.1) is 0 Å². The lowest BCUT2D eigenvalue weighted by molar-refractivity contribution is 0.235. The molecule has 2 rings (SSSR count). The van der Waals surface area contributed by atoms with Crippen LogP contribution in [0.1, 0.15) is 33.1 Å². The van der Waals surface area contributed by atoms with Gasteiger partial charge in [0.05, 0.1) is 4.90 Å². The lowest BCUT2D eigenvalue weighted by Gasteiger charge is -2.31. The van der Waals surface area contributed by atoms with Crippen LogP contribution >= 0.6 is 0 Å². The van der Waals surface area contributed by atoms with E-state index >= 15 is 0 Å². The zero-order valence-electron chi connectivity index (χ0n) is 15.4. The molecule has 0 saturated carbocycles. The summed E-state index contributed by atoms with van der Waals surface area (Å²) in [6.45, 7) is 6.20. The first-order chi connectivity index (χ1) is 12.3. The van der Waals surface area contributed by atoms with Crippen LogP contribution in [0.3, 0.4) is 0 Å². The van der Waals surface area contributed by atoms with Gasteiger partial charge in [-0.05, 0) is 55.4 Å². The Balaban J connectivity index is 1.75. The minimum Gasteiger partial charge on any atom is -0.338 e. The second-order valence-electron chi connectivity index (χ2n) is 7.12. The molecular formula is C18H28FN3O3S. The van der Waals surface area contributed by atoms with Gasteiger partial charge in [-0.1, -0.05) is 13.8 Å². The highest BCUT2D eigenvalue weighted by Crippen LogP contribution is 2.25. The van der Waals surface area contributed by atoms with Gasteiger partial charge in [-0.25, -0.2) is 17.6 Å². The van der Waals surface area contributed by atoms with E-state index in [0.717, 1.165) is 31.4 Å². The van der Waals surface area contributed by atoms with E-state index < -0.39 is 15.8 Å². The molecule has 1 fully saturated rings. The summed E-state index contributed by atoms with van der Waals surface area (Å²) in [6.07, 6.45) is 2.35. The summed E-state index contributed by atoms with van der Waals surface area (Å²) in [6, 6.07) is 4.77. The Hall–Kier alpha value is -1.67. The maximum Gasteiger partial charge on any atom is 0.314 e. The number of carbonyl (C=O) groups excluding carboxylic acids is 1. The highest BCUT2D eigenvalue weighted by Gasteiger charge is 2.29. The van der Waals surface area contributed by atoms with Gasteiger partial charge >= 0.3 is 6.03 Å². The molecule has 1 aliphatic rings. The molecule has 1 saturated heterocycles. The number of piperidine rings is 1. The molecule has 26 heavy (non-hydrogen) atoms. The second-order valence-corrected chi connectivity index (χ2v) is 9.06. The predicted molar refractivity (Wildman–Crippen MR) is 98.7 cm³/mol. The maximum absolute atomic E-state index is 13.0. The van der Waals surface area contributed by atoms with Gasteiger partial charge in [-0.2, -0.15) is 4.31 Å². The molecule has 0 atom stereocenters. The third-order valence-electron chi connectivity index (χ3n) is 4.53. The van der Waals surface area contributed by atoms with Gasteiger partial charge in [-0.3, -0.25) is 0 Å². The minimum atomic E-state index is -3.56. The number of sulfonamides is 1. The van der Waals surface area contributed by atoms with Crippen molar-refractivity contribution in [3.05, 3.63) is 30.1 Å². The third kappa shape index (κ3) is 5.95. The molecule has 1 aliphatic heterocycles. The van der Waals surface area contributed by atoms with Crippen molar-refractivity contribution in [3.8, 4) is 0 Å². The Morgan fingerprint density at radius 2 is 1.81 bits per heavy atom. The summed E-state index contributed by atoms with van der Waals surface area (Å²) in [4.78, 5) is 11.7. The Labute approximate surface area is 155 Å². The first kappa shape index (κ1) is 20.6. The number of hydrogen-bond donors (Lipinski definition) is 2. The van der Waals surface area contributed by atoms with Crippen LogP contribution in [0.4, 0.5) is 9.18 Å². The molecule has 1 aromatic carbocycles. The van der Waals surface area contributed by atoms with E-state index in [1.165, 1.54) is 16.4 Å². The fourth-order valence-corrected chi connectivity index (χ4v) is 4.41. The van der Waals surface area contributed by atoms with E-state index in [9.17, 15) is 17.6 Å². The number of nitrogens with one attached hydrogen (secondary N) is 2. The lowest BCUT2D eigenvalue weighted by Crippen LogP contribution is -2.40. The van der Waals surface area contributed by atoms with E-state index in [1.807, 2.05) is 13.8 Å². The average Bonchev–Trinajstić information content (AvgIpc) is 2.61. The van der Waals surface area contributed by atoms with Gasteiger partial charge in [0.1, 0.15) is 5.82 Å². The van der Waals surface area contributed by atoms with Crippen LogP contribution in [0.5, 0.6) is 0 Å². The number of benzene rings is 1. The van der Waals surface area contributed by atoms with E-state index in [4.69, 9.17) is 0 Å². The van der Waals surface area contributed by atoms with E-state index in [2.05, 4.69) is 10.6 Å².